The highest BCUT2D eigenvalue weighted by atomic mass is 32.1. The summed E-state index contributed by atoms with van der Waals surface area (Å²) in [6.45, 7) is 2.00. The summed E-state index contributed by atoms with van der Waals surface area (Å²) in [5.41, 5.74) is 0. The zero-order chi connectivity index (χ0) is 9.26. The van der Waals surface area contributed by atoms with Crippen LogP contribution in [0, 0.1) is 6.92 Å². The van der Waals surface area contributed by atoms with E-state index in [4.69, 9.17) is 0 Å². The van der Waals surface area contributed by atoms with Crippen molar-refractivity contribution in [2.45, 2.75) is 32.2 Å². The molecule has 0 bridgehead atoms. The fourth-order valence-electron chi connectivity index (χ4n) is 1.57. The van der Waals surface area contributed by atoms with Crippen LogP contribution in [0.15, 0.2) is 6.20 Å². The molecular weight excluding hydrogens is 184 g/mol. The highest BCUT2D eigenvalue weighted by Crippen LogP contribution is 2.17. The third-order valence-electron chi connectivity index (χ3n) is 2.20. The zero-order valence-corrected chi connectivity index (χ0v) is 8.36. The predicted octanol–water partition coefficient (Wildman–Crippen LogP) is 1.27. The lowest BCUT2D eigenvalue weighted by Crippen LogP contribution is -2.26. The van der Waals surface area contributed by atoms with Crippen molar-refractivity contribution in [2.24, 2.45) is 0 Å². The van der Waals surface area contributed by atoms with Crippen molar-refractivity contribution in [3.8, 4) is 0 Å². The van der Waals surface area contributed by atoms with Gasteiger partial charge in [-0.25, -0.2) is 4.98 Å². The molecule has 0 aromatic carbocycles. The molecule has 1 aromatic rings. The van der Waals surface area contributed by atoms with Gasteiger partial charge in [0.25, 0.3) is 0 Å². The van der Waals surface area contributed by atoms with Gasteiger partial charge >= 0.3 is 0 Å². The first-order valence-corrected chi connectivity index (χ1v) is 5.26. The minimum absolute atomic E-state index is 0.186. The number of hydrogen-bond donors (Lipinski definition) is 1. The van der Waals surface area contributed by atoms with Gasteiger partial charge in [-0.05, 0) is 13.3 Å². The van der Waals surface area contributed by atoms with Gasteiger partial charge in [0.15, 0.2) is 0 Å². The largest absolute Gasteiger partial charge is 0.353 e. The standard InChI is InChI=1S/C9H12N2OS/c1-6-10-5-8(13-6)4-7-2-3-9(12)11-7/h5,7H,2-4H2,1H3,(H,11,12). The molecule has 0 radical (unpaired) electrons. The molecule has 1 fully saturated rings. The number of carbonyl (C=O) groups excluding carboxylic acids is 1. The number of thiazole rings is 1. The lowest BCUT2D eigenvalue weighted by atomic mass is 10.1. The van der Waals surface area contributed by atoms with Crippen LogP contribution in [0.4, 0.5) is 0 Å². The second-order valence-electron chi connectivity index (χ2n) is 3.35. The molecule has 1 aliphatic heterocycles. The van der Waals surface area contributed by atoms with Crippen molar-refractivity contribution in [1.29, 1.82) is 0 Å². The Labute approximate surface area is 81.2 Å². The number of hydrogen-bond acceptors (Lipinski definition) is 3. The highest BCUT2D eigenvalue weighted by molar-refractivity contribution is 7.11. The van der Waals surface area contributed by atoms with E-state index < -0.39 is 0 Å². The van der Waals surface area contributed by atoms with E-state index in [1.165, 1.54) is 4.88 Å². The highest BCUT2D eigenvalue weighted by Gasteiger charge is 2.21. The van der Waals surface area contributed by atoms with Crippen LogP contribution in [0.1, 0.15) is 22.7 Å². The van der Waals surface area contributed by atoms with Crippen LogP contribution < -0.4 is 5.32 Å². The molecule has 1 unspecified atom stereocenters. The first-order chi connectivity index (χ1) is 6.24. The van der Waals surface area contributed by atoms with Gasteiger partial charge in [0.2, 0.25) is 5.91 Å². The van der Waals surface area contributed by atoms with Crippen molar-refractivity contribution in [2.75, 3.05) is 0 Å². The first-order valence-electron chi connectivity index (χ1n) is 4.45. The molecule has 70 valence electrons. The summed E-state index contributed by atoms with van der Waals surface area (Å²) >= 11 is 1.71. The Morgan fingerprint density at radius 3 is 3.15 bits per heavy atom. The van der Waals surface area contributed by atoms with E-state index in [1.807, 2.05) is 13.1 Å². The number of amides is 1. The Hall–Kier alpha value is -0.900. The molecule has 0 saturated carbocycles. The van der Waals surface area contributed by atoms with Crippen LogP contribution in [0.2, 0.25) is 0 Å². The van der Waals surface area contributed by atoms with E-state index in [9.17, 15) is 4.79 Å². The Kier molecular flexibility index (Phi) is 2.31. The monoisotopic (exact) mass is 196 g/mol. The Bertz CT molecular complexity index is 321. The third kappa shape index (κ3) is 2.06. The van der Waals surface area contributed by atoms with Gasteiger partial charge in [0, 0.05) is 30.0 Å². The van der Waals surface area contributed by atoms with Crippen molar-refractivity contribution in [3.05, 3.63) is 16.1 Å². The molecule has 3 nitrogen and oxygen atoms in total. The zero-order valence-electron chi connectivity index (χ0n) is 7.54. The van der Waals surface area contributed by atoms with Gasteiger partial charge in [-0.3, -0.25) is 4.79 Å². The molecule has 1 N–H and O–H groups in total. The first kappa shape index (κ1) is 8.69. The maximum absolute atomic E-state index is 10.9. The van der Waals surface area contributed by atoms with E-state index in [2.05, 4.69) is 10.3 Å². The van der Waals surface area contributed by atoms with E-state index in [1.54, 1.807) is 11.3 Å². The van der Waals surface area contributed by atoms with Crippen LogP contribution in [0.3, 0.4) is 0 Å². The molecule has 1 aromatic heterocycles. The SMILES string of the molecule is Cc1ncc(CC2CCC(=O)N2)s1. The minimum atomic E-state index is 0.186. The minimum Gasteiger partial charge on any atom is -0.353 e. The molecule has 1 amide bonds. The average Bonchev–Trinajstić information content (AvgIpc) is 2.62. The lowest BCUT2D eigenvalue weighted by Gasteiger charge is -2.06. The predicted molar refractivity (Wildman–Crippen MR) is 51.7 cm³/mol. The quantitative estimate of drug-likeness (QED) is 0.774. The fraction of sp³-hybridized carbons (Fsp3) is 0.556. The molecule has 13 heavy (non-hydrogen) atoms. The summed E-state index contributed by atoms with van der Waals surface area (Å²) < 4.78 is 0. The summed E-state index contributed by atoms with van der Waals surface area (Å²) in [4.78, 5) is 16.4. The van der Waals surface area contributed by atoms with Crippen LogP contribution in [0.25, 0.3) is 0 Å². The molecule has 2 heterocycles. The smallest absolute Gasteiger partial charge is 0.220 e. The van der Waals surface area contributed by atoms with Gasteiger partial charge in [-0.1, -0.05) is 0 Å². The maximum Gasteiger partial charge on any atom is 0.220 e. The molecule has 1 atom stereocenters. The number of rotatable bonds is 2. The second kappa shape index (κ2) is 3.46. The number of nitrogens with one attached hydrogen (secondary N) is 1. The topological polar surface area (TPSA) is 42.0 Å². The van der Waals surface area contributed by atoms with Crippen LogP contribution in [-0.4, -0.2) is 16.9 Å². The number of aryl methyl sites for hydroxylation is 1. The Balaban J connectivity index is 1.95. The molecule has 1 saturated heterocycles. The average molecular weight is 196 g/mol. The Morgan fingerprint density at radius 1 is 1.77 bits per heavy atom. The molecule has 4 heteroatoms. The summed E-state index contributed by atoms with van der Waals surface area (Å²) in [7, 11) is 0. The van der Waals surface area contributed by atoms with E-state index in [-0.39, 0.29) is 5.91 Å². The molecule has 0 spiro atoms. The lowest BCUT2D eigenvalue weighted by molar-refractivity contribution is -0.119. The Morgan fingerprint density at radius 2 is 2.62 bits per heavy atom. The summed E-state index contributed by atoms with van der Waals surface area (Å²) in [5.74, 6) is 0.186. The van der Waals surface area contributed by atoms with E-state index in [0.29, 0.717) is 12.5 Å². The van der Waals surface area contributed by atoms with Crippen molar-refractivity contribution >= 4 is 17.2 Å². The fourth-order valence-corrected chi connectivity index (χ4v) is 2.45. The van der Waals surface area contributed by atoms with Crippen LogP contribution in [-0.2, 0) is 11.2 Å². The van der Waals surface area contributed by atoms with Crippen molar-refractivity contribution < 1.29 is 4.79 Å². The molecule has 2 rings (SSSR count). The van der Waals surface area contributed by atoms with Gasteiger partial charge in [0.1, 0.15) is 0 Å². The normalized spacial score (nSPS) is 21.9. The van der Waals surface area contributed by atoms with E-state index >= 15 is 0 Å². The van der Waals surface area contributed by atoms with E-state index in [0.717, 1.165) is 17.8 Å². The second-order valence-corrected chi connectivity index (χ2v) is 4.67. The molecular formula is C9H12N2OS. The van der Waals surface area contributed by atoms with Crippen LogP contribution >= 0.6 is 11.3 Å². The maximum atomic E-state index is 10.9. The number of aromatic nitrogens is 1. The van der Waals surface area contributed by atoms with Gasteiger partial charge in [0.05, 0.1) is 5.01 Å². The van der Waals surface area contributed by atoms with Crippen molar-refractivity contribution in [3.63, 3.8) is 0 Å². The molecule has 1 aliphatic rings. The molecule has 0 aliphatic carbocycles. The summed E-state index contributed by atoms with van der Waals surface area (Å²) in [6, 6.07) is 0.340. The van der Waals surface area contributed by atoms with Crippen LogP contribution in [0.5, 0.6) is 0 Å². The number of nitrogens with zero attached hydrogens (tertiary/aromatic N) is 1. The number of carbonyl (C=O) groups is 1. The summed E-state index contributed by atoms with van der Waals surface area (Å²) in [6.07, 6.45) is 4.50. The van der Waals surface area contributed by atoms with Gasteiger partial charge in [-0.15, -0.1) is 11.3 Å². The van der Waals surface area contributed by atoms with Crippen molar-refractivity contribution in [1.82, 2.24) is 10.3 Å². The van der Waals surface area contributed by atoms with Gasteiger partial charge in [-0.2, -0.15) is 0 Å². The third-order valence-corrected chi connectivity index (χ3v) is 3.14. The summed E-state index contributed by atoms with van der Waals surface area (Å²) in [5, 5.41) is 4.05. The van der Waals surface area contributed by atoms with Gasteiger partial charge < -0.3 is 5.32 Å².